The van der Waals surface area contributed by atoms with Gasteiger partial charge >= 0.3 is 5.97 Å². The monoisotopic (exact) mass is 262 g/mol. The van der Waals surface area contributed by atoms with Crippen molar-refractivity contribution in [3.8, 4) is 0 Å². The second-order valence-corrected chi connectivity index (χ2v) is 4.70. The normalized spacial score (nSPS) is 12.5. The maximum atomic E-state index is 10.7. The Morgan fingerprint density at radius 2 is 2.37 bits per heavy atom. The maximum Gasteiger partial charge on any atom is 0.306 e. The van der Waals surface area contributed by atoms with Crippen LogP contribution >= 0.6 is 0 Å². The number of carboxylic acid groups (broad SMARTS) is 1. The van der Waals surface area contributed by atoms with Crippen LogP contribution in [0.4, 0.5) is 5.82 Å². The number of nitrogens with zero attached hydrogens (tertiary/aromatic N) is 3. The van der Waals surface area contributed by atoms with Gasteiger partial charge in [-0.2, -0.15) is 5.10 Å². The van der Waals surface area contributed by atoms with Crippen molar-refractivity contribution < 1.29 is 9.90 Å². The molecule has 0 bridgehead atoms. The Balaban J connectivity index is 1.93. The molecule has 0 fully saturated rings. The summed E-state index contributed by atoms with van der Waals surface area (Å²) in [5.74, 6) is -0.263. The zero-order valence-electron chi connectivity index (χ0n) is 11.1. The van der Waals surface area contributed by atoms with Crippen LogP contribution in [0.25, 0.3) is 5.52 Å². The predicted octanol–water partition coefficient (Wildman–Crippen LogP) is 1.95. The summed E-state index contributed by atoms with van der Waals surface area (Å²) in [5.41, 5.74) is 1.88. The average molecular weight is 262 g/mol. The van der Waals surface area contributed by atoms with Crippen LogP contribution in [-0.2, 0) is 4.79 Å². The number of carbonyl (C=O) groups is 1. The van der Waals surface area contributed by atoms with Crippen molar-refractivity contribution in [2.45, 2.75) is 26.7 Å². The number of aromatic nitrogens is 3. The van der Waals surface area contributed by atoms with E-state index < -0.39 is 5.97 Å². The number of fused-ring (bicyclic) bond motifs is 1. The molecule has 0 aliphatic carbocycles. The number of hydrogen-bond donors (Lipinski definition) is 2. The van der Waals surface area contributed by atoms with Gasteiger partial charge in [-0.15, -0.1) is 0 Å². The molecule has 2 heterocycles. The third-order valence-electron chi connectivity index (χ3n) is 3.04. The van der Waals surface area contributed by atoms with Crippen LogP contribution in [0.5, 0.6) is 0 Å². The summed E-state index contributed by atoms with van der Waals surface area (Å²) >= 11 is 0. The molecule has 0 aromatic carbocycles. The molecule has 2 aromatic rings. The molecule has 2 rings (SSSR count). The Labute approximate surface area is 111 Å². The summed E-state index contributed by atoms with van der Waals surface area (Å²) in [5, 5.41) is 16.3. The van der Waals surface area contributed by atoms with Gasteiger partial charge in [0.25, 0.3) is 0 Å². The van der Waals surface area contributed by atoms with Crippen molar-refractivity contribution in [1.29, 1.82) is 0 Å². The fourth-order valence-electron chi connectivity index (χ4n) is 1.92. The number of anilines is 1. The third-order valence-corrected chi connectivity index (χ3v) is 3.04. The fourth-order valence-corrected chi connectivity index (χ4v) is 1.92. The number of carboxylic acids is 1. The Morgan fingerprint density at radius 3 is 3.11 bits per heavy atom. The number of nitrogens with one attached hydrogen (secondary N) is 1. The number of hydrogen-bond acceptors (Lipinski definition) is 4. The Kier molecular flexibility index (Phi) is 3.99. The van der Waals surface area contributed by atoms with E-state index in [4.69, 9.17) is 5.11 Å². The summed E-state index contributed by atoms with van der Waals surface area (Å²) in [4.78, 5) is 15.0. The topological polar surface area (TPSA) is 79.5 Å². The molecule has 19 heavy (non-hydrogen) atoms. The largest absolute Gasteiger partial charge is 0.481 e. The van der Waals surface area contributed by atoms with Gasteiger partial charge in [0, 0.05) is 18.9 Å². The zero-order valence-corrected chi connectivity index (χ0v) is 11.1. The summed E-state index contributed by atoms with van der Waals surface area (Å²) in [6, 6.07) is 1.97. The van der Waals surface area contributed by atoms with Gasteiger partial charge in [0.2, 0.25) is 0 Å². The zero-order chi connectivity index (χ0) is 13.8. The van der Waals surface area contributed by atoms with Gasteiger partial charge in [-0.25, -0.2) is 9.50 Å². The highest BCUT2D eigenvalue weighted by molar-refractivity contribution is 5.69. The van der Waals surface area contributed by atoms with E-state index in [1.54, 1.807) is 23.8 Å². The summed E-state index contributed by atoms with van der Waals surface area (Å²) in [6.07, 6.45) is 4.95. The second kappa shape index (κ2) is 5.69. The van der Waals surface area contributed by atoms with Crippen LogP contribution in [0, 0.1) is 12.8 Å². The van der Waals surface area contributed by atoms with Crippen LogP contribution < -0.4 is 5.32 Å². The van der Waals surface area contributed by atoms with Crippen molar-refractivity contribution >= 4 is 17.3 Å². The predicted molar refractivity (Wildman–Crippen MR) is 72.2 cm³/mol. The summed E-state index contributed by atoms with van der Waals surface area (Å²) < 4.78 is 1.78. The molecule has 0 amide bonds. The smallest absolute Gasteiger partial charge is 0.306 e. The Morgan fingerprint density at radius 1 is 1.58 bits per heavy atom. The first kappa shape index (κ1) is 13.3. The summed E-state index contributed by atoms with van der Waals surface area (Å²) in [6.45, 7) is 4.36. The van der Waals surface area contributed by atoms with Gasteiger partial charge in [0.15, 0.2) is 5.82 Å². The highest BCUT2D eigenvalue weighted by Crippen LogP contribution is 2.15. The number of aliphatic carboxylic acids is 1. The first-order valence-electron chi connectivity index (χ1n) is 6.35. The summed E-state index contributed by atoms with van der Waals surface area (Å²) in [7, 11) is 0. The molecule has 1 atom stereocenters. The van der Waals surface area contributed by atoms with E-state index in [0.717, 1.165) is 23.4 Å². The van der Waals surface area contributed by atoms with Gasteiger partial charge in [-0.05, 0) is 25.8 Å². The fraction of sp³-hybridized carbons (Fsp3) is 0.462. The third kappa shape index (κ3) is 3.21. The Bertz CT molecular complexity index is 579. The molecule has 2 aromatic heterocycles. The molecule has 0 saturated heterocycles. The van der Waals surface area contributed by atoms with E-state index in [-0.39, 0.29) is 5.92 Å². The van der Waals surface area contributed by atoms with Gasteiger partial charge in [0.05, 0.1) is 11.6 Å². The number of rotatable bonds is 6. The van der Waals surface area contributed by atoms with E-state index in [1.807, 2.05) is 13.0 Å². The van der Waals surface area contributed by atoms with Crippen LogP contribution in [0.15, 0.2) is 18.5 Å². The lowest BCUT2D eigenvalue weighted by molar-refractivity contribution is -0.141. The molecule has 0 spiro atoms. The van der Waals surface area contributed by atoms with Crippen LogP contribution in [0.2, 0.25) is 0 Å². The molecular weight excluding hydrogens is 244 g/mol. The quantitative estimate of drug-likeness (QED) is 0.778. The SMILES string of the molecule is Cc1cc2c(NCCCC(C)C(=O)O)nccn2n1. The standard InChI is InChI=1S/C13H18N4O2/c1-9(13(18)19)4-3-5-14-12-11-8-10(2)16-17(11)7-6-15-12/h6-9H,3-5H2,1-2H3,(H,14,15)(H,18,19). The Hall–Kier alpha value is -2.11. The second-order valence-electron chi connectivity index (χ2n) is 4.70. The van der Waals surface area contributed by atoms with Gasteiger partial charge in [-0.1, -0.05) is 6.92 Å². The molecule has 0 aliphatic rings. The molecule has 0 saturated carbocycles. The maximum absolute atomic E-state index is 10.7. The molecule has 6 heteroatoms. The van der Waals surface area contributed by atoms with Gasteiger partial charge < -0.3 is 10.4 Å². The van der Waals surface area contributed by atoms with Crippen molar-refractivity contribution in [1.82, 2.24) is 14.6 Å². The van der Waals surface area contributed by atoms with Crippen molar-refractivity contribution in [3.63, 3.8) is 0 Å². The van der Waals surface area contributed by atoms with Crippen molar-refractivity contribution in [3.05, 3.63) is 24.2 Å². The highest BCUT2D eigenvalue weighted by Gasteiger charge is 2.10. The first-order valence-corrected chi connectivity index (χ1v) is 6.35. The van der Waals surface area contributed by atoms with Gasteiger partial charge in [-0.3, -0.25) is 4.79 Å². The van der Waals surface area contributed by atoms with E-state index in [0.29, 0.717) is 13.0 Å². The average Bonchev–Trinajstić information content (AvgIpc) is 2.75. The highest BCUT2D eigenvalue weighted by atomic mass is 16.4. The molecule has 0 radical (unpaired) electrons. The first-order chi connectivity index (χ1) is 9.08. The number of aryl methyl sites for hydroxylation is 1. The lowest BCUT2D eigenvalue weighted by Gasteiger charge is -2.08. The van der Waals surface area contributed by atoms with Crippen LogP contribution in [0.3, 0.4) is 0 Å². The van der Waals surface area contributed by atoms with E-state index in [1.165, 1.54) is 0 Å². The van der Waals surface area contributed by atoms with Gasteiger partial charge in [0.1, 0.15) is 5.52 Å². The molecular formula is C13H18N4O2. The minimum atomic E-state index is -0.744. The van der Waals surface area contributed by atoms with E-state index in [2.05, 4.69) is 15.4 Å². The van der Waals surface area contributed by atoms with Crippen LogP contribution in [0.1, 0.15) is 25.5 Å². The molecule has 1 unspecified atom stereocenters. The van der Waals surface area contributed by atoms with E-state index >= 15 is 0 Å². The molecule has 6 nitrogen and oxygen atoms in total. The van der Waals surface area contributed by atoms with E-state index in [9.17, 15) is 4.79 Å². The van der Waals surface area contributed by atoms with Crippen molar-refractivity contribution in [2.24, 2.45) is 5.92 Å². The molecule has 102 valence electrons. The molecule has 2 N–H and O–H groups in total. The minimum Gasteiger partial charge on any atom is -0.481 e. The molecule has 0 aliphatic heterocycles. The minimum absolute atomic E-state index is 0.303. The van der Waals surface area contributed by atoms with Crippen molar-refractivity contribution in [2.75, 3.05) is 11.9 Å². The lowest BCUT2D eigenvalue weighted by Crippen LogP contribution is -2.12. The lowest BCUT2D eigenvalue weighted by atomic mass is 10.1. The van der Waals surface area contributed by atoms with Crippen LogP contribution in [-0.4, -0.2) is 32.2 Å².